The van der Waals surface area contributed by atoms with Crippen LogP contribution in [0.1, 0.15) is 37.9 Å². The summed E-state index contributed by atoms with van der Waals surface area (Å²) in [6, 6.07) is 2.24. The number of hydrazine groups is 1. The highest BCUT2D eigenvalue weighted by molar-refractivity contribution is 5.49. The number of nitrogens with two attached hydrogens (primary N) is 1. The maximum atomic E-state index is 9.38. The average molecular weight is 295 g/mol. The third kappa shape index (κ3) is 4.26. The Labute approximate surface area is 125 Å². The largest absolute Gasteiger partial charge is 0.395 e. The number of nitrogens with one attached hydrogen (secondary N) is 1. The number of nitrogens with zero attached hydrogens (tertiary/aromatic N) is 3. The zero-order chi connectivity index (χ0) is 15.1. The second kappa shape index (κ2) is 8.11. The normalized spacial score (nSPS) is 16.0. The molecule has 1 aliphatic rings. The summed E-state index contributed by atoms with van der Waals surface area (Å²) in [7, 11) is 1.61. The van der Waals surface area contributed by atoms with Crippen molar-refractivity contribution in [3.8, 4) is 0 Å². The predicted molar refractivity (Wildman–Crippen MR) is 81.9 cm³/mol. The Morgan fingerprint density at radius 3 is 2.76 bits per heavy atom. The van der Waals surface area contributed by atoms with Crippen molar-refractivity contribution in [2.75, 3.05) is 30.6 Å². The minimum Gasteiger partial charge on any atom is -0.395 e. The van der Waals surface area contributed by atoms with Gasteiger partial charge in [-0.15, -0.1) is 0 Å². The molecule has 0 aliphatic heterocycles. The number of ether oxygens (including phenoxy) is 1. The van der Waals surface area contributed by atoms with Crippen LogP contribution >= 0.6 is 0 Å². The molecule has 0 bridgehead atoms. The molecule has 0 spiro atoms. The quantitative estimate of drug-likeness (QED) is 0.511. The monoisotopic (exact) mass is 295 g/mol. The summed E-state index contributed by atoms with van der Waals surface area (Å²) in [5.41, 5.74) is 2.57. The minimum atomic E-state index is 0.103. The summed E-state index contributed by atoms with van der Waals surface area (Å²) in [6.07, 6.45) is 6.01. The fraction of sp³-hybridized carbons (Fsp3) is 0.714. The summed E-state index contributed by atoms with van der Waals surface area (Å²) < 4.78 is 5.11. The van der Waals surface area contributed by atoms with Crippen LogP contribution in [0.5, 0.6) is 0 Å². The highest BCUT2D eigenvalue weighted by atomic mass is 16.5. The van der Waals surface area contributed by atoms with Crippen molar-refractivity contribution in [1.29, 1.82) is 0 Å². The lowest BCUT2D eigenvalue weighted by molar-refractivity contribution is 0.178. The summed E-state index contributed by atoms with van der Waals surface area (Å²) >= 11 is 0. The summed E-state index contributed by atoms with van der Waals surface area (Å²) in [6.45, 7) is 1.00. The van der Waals surface area contributed by atoms with Gasteiger partial charge in [-0.1, -0.05) is 19.3 Å². The van der Waals surface area contributed by atoms with Gasteiger partial charge in [0.2, 0.25) is 0 Å². The van der Waals surface area contributed by atoms with Crippen LogP contribution in [0.4, 0.5) is 11.6 Å². The zero-order valence-electron chi connectivity index (χ0n) is 12.6. The molecule has 1 saturated carbocycles. The highest BCUT2D eigenvalue weighted by Crippen LogP contribution is 2.27. The predicted octanol–water partition coefficient (Wildman–Crippen LogP) is 1.04. The van der Waals surface area contributed by atoms with Gasteiger partial charge in [0.05, 0.1) is 6.61 Å². The van der Waals surface area contributed by atoms with Gasteiger partial charge in [-0.2, -0.15) is 0 Å². The van der Waals surface area contributed by atoms with Gasteiger partial charge in [0.15, 0.2) is 5.82 Å². The van der Waals surface area contributed by atoms with Gasteiger partial charge < -0.3 is 20.2 Å². The first-order valence-electron chi connectivity index (χ1n) is 7.49. The molecule has 1 aromatic rings. The van der Waals surface area contributed by atoms with Crippen molar-refractivity contribution >= 4 is 11.6 Å². The number of nitrogen functional groups attached to an aromatic ring is 1. The number of hydrogen-bond donors (Lipinski definition) is 3. The molecule has 0 radical (unpaired) electrons. The number of methoxy groups -OCH3 is 1. The van der Waals surface area contributed by atoms with E-state index in [4.69, 9.17) is 10.6 Å². The SMILES string of the molecule is COCc1nc(NN)cc(N(CCO)C2CCCCC2)n1. The Morgan fingerprint density at radius 2 is 2.14 bits per heavy atom. The molecule has 0 aromatic carbocycles. The summed E-state index contributed by atoms with van der Waals surface area (Å²) in [5, 5.41) is 9.38. The number of hydrogen-bond acceptors (Lipinski definition) is 7. The molecule has 0 saturated heterocycles. The van der Waals surface area contributed by atoms with Crippen LogP contribution in [0.15, 0.2) is 6.07 Å². The summed E-state index contributed by atoms with van der Waals surface area (Å²) in [5.74, 6) is 7.43. The number of rotatable bonds is 7. The number of aliphatic hydroxyl groups is 1. The van der Waals surface area contributed by atoms with Crippen LogP contribution in [0.25, 0.3) is 0 Å². The van der Waals surface area contributed by atoms with E-state index in [9.17, 15) is 5.11 Å². The maximum Gasteiger partial charge on any atom is 0.158 e. The highest BCUT2D eigenvalue weighted by Gasteiger charge is 2.23. The second-order valence-electron chi connectivity index (χ2n) is 5.31. The second-order valence-corrected chi connectivity index (χ2v) is 5.31. The van der Waals surface area contributed by atoms with Gasteiger partial charge in [-0.05, 0) is 12.8 Å². The van der Waals surface area contributed by atoms with Crippen molar-refractivity contribution in [1.82, 2.24) is 9.97 Å². The number of aliphatic hydroxyl groups excluding tert-OH is 1. The van der Waals surface area contributed by atoms with E-state index >= 15 is 0 Å². The molecule has 1 aliphatic carbocycles. The molecular weight excluding hydrogens is 270 g/mol. The standard InChI is InChI=1S/C14H25N5O2/c1-21-10-13-16-12(18-15)9-14(17-13)19(7-8-20)11-5-3-2-4-6-11/h9,11,20H,2-8,10,15H2,1H3,(H,16,17,18). The molecule has 4 N–H and O–H groups in total. The van der Waals surface area contributed by atoms with Gasteiger partial charge in [-0.25, -0.2) is 15.8 Å². The van der Waals surface area contributed by atoms with Crippen molar-refractivity contribution < 1.29 is 9.84 Å². The van der Waals surface area contributed by atoms with E-state index in [0.29, 0.717) is 30.8 Å². The molecule has 0 amide bonds. The van der Waals surface area contributed by atoms with E-state index in [1.807, 2.05) is 6.07 Å². The summed E-state index contributed by atoms with van der Waals surface area (Å²) in [4.78, 5) is 11.0. The molecular formula is C14H25N5O2. The van der Waals surface area contributed by atoms with Crippen LogP contribution in [-0.2, 0) is 11.3 Å². The van der Waals surface area contributed by atoms with Crippen molar-refractivity contribution in [2.45, 2.75) is 44.8 Å². The lowest BCUT2D eigenvalue weighted by Crippen LogP contribution is -2.39. The minimum absolute atomic E-state index is 0.103. The van der Waals surface area contributed by atoms with E-state index in [-0.39, 0.29) is 6.61 Å². The Kier molecular flexibility index (Phi) is 6.16. The van der Waals surface area contributed by atoms with Gasteiger partial charge in [0, 0.05) is 25.8 Å². The molecule has 0 atom stereocenters. The first-order valence-corrected chi connectivity index (χ1v) is 7.49. The Morgan fingerprint density at radius 1 is 1.38 bits per heavy atom. The first kappa shape index (κ1) is 15.9. The third-order valence-electron chi connectivity index (χ3n) is 3.83. The molecule has 1 aromatic heterocycles. The fourth-order valence-electron chi connectivity index (χ4n) is 2.88. The average Bonchev–Trinajstić information content (AvgIpc) is 2.53. The third-order valence-corrected chi connectivity index (χ3v) is 3.83. The molecule has 7 heteroatoms. The van der Waals surface area contributed by atoms with Crippen molar-refractivity contribution in [3.63, 3.8) is 0 Å². The topological polar surface area (TPSA) is 96.5 Å². The van der Waals surface area contributed by atoms with Crippen LogP contribution in [0, 0.1) is 0 Å². The first-order chi connectivity index (χ1) is 10.3. The van der Waals surface area contributed by atoms with Gasteiger partial charge >= 0.3 is 0 Å². The molecule has 1 fully saturated rings. The lowest BCUT2D eigenvalue weighted by atomic mass is 9.94. The molecule has 2 rings (SSSR count). The van der Waals surface area contributed by atoms with Crippen molar-refractivity contribution in [3.05, 3.63) is 11.9 Å². The van der Waals surface area contributed by atoms with E-state index in [0.717, 1.165) is 18.7 Å². The Balaban J connectivity index is 2.26. The molecule has 1 heterocycles. The van der Waals surface area contributed by atoms with Gasteiger partial charge in [0.25, 0.3) is 0 Å². The number of aromatic nitrogens is 2. The number of anilines is 2. The Bertz CT molecular complexity index is 437. The zero-order valence-corrected chi connectivity index (χ0v) is 12.6. The van der Waals surface area contributed by atoms with Crippen LogP contribution in [0.3, 0.4) is 0 Å². The molecule has 21 heavy (non-hydrogen) atoms. The fourth-order valence-corrected chi connectivity index (χ4v) is 2.88. The van der Waals surface area contributed by atoms with Crippen LogP contribution in [-0.4, -0.2) is 41.4 Å². The van der Waals surface area contributed by atoms with Gasteiger partial charge in [-0.3, -0.25) is 0 Å². The van der Waals surface area contributed by atoms with Gasteiger partial charge in [0.1, 0.15) is 18.2 Å². The van der Waals surface area contributed by atoms with E-state index < -0.39 is 0 Å². The molecule has 7 nitrogen and oxygen atoms in total. The van der Waals surface area contributed by atoms with Crippen LogP contribution in [0.2, 0.25) is 0 Å². The van der Waals surface area contributed by atoms with E-state index in [1.165, 1.54) is 19.3 Å². The lowest BCUT2D eigenvalue weighted by Gasteiger charge is -2.35. The smallest absolute Gasteiger partial charge is 0.158 e. The van der Waals surface area contributed by atoms with Crippen LogP contribution < -0.4 is 16.2 Å². The van der Waals surface area contributed by atoms with Crippen molar-refractivity contribution in [2.24, 2.45) is 5.84 Å². The molecule has 0 unspecified atom stereocenters. The maximum absolute atomic E-state index is 9.38. The Hall–Kier alpha value is -1.44. The van der Waals surface area contributed by atoms with E-state index in [2.05, 4.69) is 20.3 Å². The van der Waals surface area contributed by atoms with E-state index in [1.54, 1.807) is 7.11 Å². The molecule has 118 valence electrons.